The topological polar surface area (TPSA) is 76.6 Å². The van der Waals surface area contributed by atoms with Crippen molar-refractivity contribution in [1.29, 1.82) is 0 Å². The lowest BCUT2D eigenvalue weighted by atomic mass is 10.1. The Hall–Kier alpha value is -3.32. The van der Waals surface area contributed by atoms with E-state index >= 15 is 0 Å². The van der Waals surface area contributed by atoms with E-state index in [-0.39, 0.29) is 6.03 Å². The van der Waals surface area contributed by atoms with Crippen LogP contribution in [0.5, 0.6) is 0 Å². The molecule has 2 aliphatic carbocycles. The molecule has 0 bridgehead atoms. The minimum absolute atomic E-state index is 0.0654. The van der Waals surface area contributed by atoms with Gasteiger partial charge in [-0.1, -0.05) is 42.5 Å². The molecule has 2 amide bonds. The molecule has 8 heteroatoms. The number of H-pyrrole nitrogens is 1. The van der Waals surface area contributed by atoms with Crippen LogP contribution in [-0.2, 0) is 6.42 Å². The average molecular weight is 479 g/mol. The third-order valence-electron chi connectivity index (χ3n) is 6.16. The summed E-state index contributed by atoms with van der Waals surface area (Å²) in [7, 11) is 0. The number of carbonyl (C=O) groups is 1. The Morgan fingerprint density at radius 2 is 2.03 bits per heavy atom. The summed E-state index contributed by atoms with van der Waals surface area (Å²) in [4.78, 5) is 29.5. The summed E-state index contributed by atoms with van der Waals surface area (Å²) in [5, 5.41) is 3.89. The summed E-state index contributed by atoms with van der Waals surface area (Å²) in [5.41, 5.74) is 4.88. The van der Waals surface area contributed by atoms with Crippen LogP contribution in [0.15, 0.2) is 64.5 Å². The van der Waals surface area contributed by atoms with Crippen LogP contribution in [-0.4, -0.2) is 57.8 Å². The number of nitrogens with zero attached hydrogens (tertiary/aromatic N) is 4. The molecule has 178 valence electrons. The zero-order chi connectivity index (χ0) is 24.1. The Labute approximate surface area is 206 Å². The molecular weight excluding hydrogens is 448 g/mol. The maximum absolute atomic E-state index is 12.8. The summed E-state index contributed by atoms with van der Waals surface area (Å²) in [6.07, 6.45) is 16.2. The molecule has 0 unspecified atom stereocenters. The number of halogens is 1. The standard InChI is InChI=1S/C26H31ClN6O/c1-4-24(28-17-19(3)25-29-22-11-10-20(27)16-23(22)30-25)32-12-14-33(15-13-32)26(34)31-21-9-7-5-6-8-18(21)2/h4-6,8-9,16-17H,1,7,10-15H2,2-3H3,(H,29,30)(H,31,34)/b19-17+,28-24?. The van der Waals surface area contributed by atoms with Crippen molar-refractivity contribution in [3.8, 4) is 0 Å². The van der Waals surface area contributed by atoms with Gasteiger partial charge in [0.05, 0.1) is 5.69 Å². The molecule has 0 radical (unpaired) electrons. The van der Waals surface area contributed by atoms with Gasteiger partial charge in [0.2, 0.25) is 0 Å². The lowest BCUT2D eigenvalue weighted by Crippen LogP contribution is -2.52. The Bertz CT molecular complexity index is 1140. The first-order valence-corrected chi connectivity index (χ1v) is 12.0. The van der Waals surface area contributed by atoms with Crippen LogP contribution in [0.4, 0.5) is 4.79 Å². The largest absolute Gasteiger partial charge is 0.353 e. The number of urea groups is 1. The summed E-state index contributed by atoms with van der Waals surface area (Å²) < 4.78 is 0. The van der Waals surface area contributed by atoms with E-state index in [4.69, 9.17) is 11.6 Å². The number of aromatic amines is 1. The van der Waals surface area contributed by atoms with Crippen LogP contribution in [0.3, 0.4) is 0 Å². The Morgan fingerprint density at radius 1 is 1.26 bits per heavy atom. The fraction of sp³-hybridized carbons (Fsp3) is 0.346. The first kappa shape index (κ1) is 23.8. The number of piperazine rings is 1. The number of allylic oxidation sites excluding steroid dienone is 7. The molecule has 2 N–H and O–H groups in total. The predicted octanol–water partition coefficient (Wildman–Crippen LogP) is 5.00. The smallest absolute Gasteiger partial charge is 0.321 e. The zero-order valence-electron chi connectivity index (χ0n) is 19.8. The maximum atomic E-state index is 12.8. The number of carbonyl (C=O) groups excluding carboxylic acids is 1. The first-order valence-electron chi connectivity index (χ1n) is 11.6. The highest BCUT2D eigenvalue weighted by Crippen LogP contribution is 2.26. The molecule has 7 nitrogen and oxygen atoms in total. The van der Waals surface area contributed by atoms with Crippen molar-refractivity contribution in [2.24, 2.45) is 4.99 Å². The van der Waals surface area contributed by atoms with Gasteiger partial charge < -0.3 is 20.1 Å². The second-order valence-electron chi connectivity index (χ2n) is 8.58. The van der Waals surface area contributed by atoms with Crippen molar-refractivity contribution in [3.05, 3.63) is 76.7 Å². The number of nitrogens with one attached hydrogen (secondary N) is 2. The van der Waals surface area contributed by atoms with Crippen molar-refractivity contribution in [1.82, 2.24) is 25.1 Å². The average Bonchev–Trinajstić information content (AvgIpc) is 3.16. The molecule has 3 aliphatic rings. The van der Waals surface area contributed by atoms with Crippen molar-refractivity contribution < 1.29 is 4.79 Å². The van der Waals surface area contributed by atoms with Gasteiger partial charge in [0.25, 0.3) is 0 Å². The highest BCUT2D eigenvalue weighted by Gasteiger charge is 2.23. The van der Waals surface area contributed by atoms with Crippen LogP contribution in [0.2, 0.25) is 0 Å². The Balaban J connectivity index is 1.36. The number of aliphatic imine (C=N–C) groups is 1. The van der Waals surface area contributed by atoms with Gasteiger partial charge in [-0.05, 0) is 50.8 Å². The number of hydrogen-bond acceptors (Lipinski definition) is 3. The Morgan fingerprint density at radius 3 is 2.79 bits per heavy atom. The molecule has 1 saturated heterocycles. The fourth-order valence-corrected chi connectivity index (χ4v) is 4.28. The summed E-state index contributed by atoms with van der Waals surface area (Å²) in [6.45, 7) is 10.5. The first-order chi connectivity index (χ1) is 16.4. The van der Waals surface area contributed by atoms with E-state index in [1.54, 1.807) is 6.08 Å². The third-order valence-corrected chi connectivity index (χ3v) is 6.46. The number of hydrogen-bond donors (Lipinski definition) is 2. The number of aryl methyl sites for hydroxylation is 1. The molecule has 4 rings (SSSR count). The molecule has 2 heterocycles. The SMILES string of the molecule is C=CC(=N/C=C(\C)c1nc2c([nH]1)CCC(Cl)=C2)N1CCN(C(=O)NC2=CCC=CC=C2C)CC1. The van der Waals surface area contributed by atoms with Crippen LogP contribution < -0.4 is 5.32 Å². The molecular formula is C26H31ClN6O. The summed E-state index contributed by atoms with van der Waals surface area (Å²) in [6, 6.07) is -0.0654. The van der Waals surface area contributed by atoms with Gasteiger partial charge in [-0.25, -0.2) is 14.8 Å². The number of imidazole rings is 1. The maximum Gasteiger partial charge on any atom is 0.321 e. The summed E-state index contributed by atoms with van der Waals surface area (Å²) in [5.74, 6) is 1.59. The highest BCUT2D eigenvalue weighted by molar-refractivity contribution is 6.31. The van der Waals surface area contributed by atoms with E-state index in [9.17, 15) is 4.79 Å². The van der Waals surface area contributed by atoms with E-state index in [0.29, 0.717) is 26.2 Å². The molecule has 0 aromatic carbocycles. The molecule has 1 fully saturated rings. The monoisotopic (exact) mass is 478 g/mol. The molecule has 0 atom stereocenters. The van der Waals surface area contributed by atoms with Gasteiger partial charge in [0.15, 0.2) is 0 Å². The lowest BCUT2D eigenvalue weighted by molar-refractivity contribution is 0.172. The fourth-order valence-electron chi connectivity index (χ4n) is 4.08. The number of fused-ring (bicyclic) bond motifs is 1. The van der Waals surface area contributed by atoms with E-state index in [0.717, 1.165) is 64.2 Å². The van der Waals surface area contributed by atoms with Gasteiger partial charge in [-0.15, -0.1) is 0 Å². The van der Waals surface area contributed by atoms with Crippen LogP contribution >= 0.6 is 11.6 Å². The van der Waals surface area contributed by atoms with Gasteiger partial charge in [-0.2, -0.15) is 0 Å². The van der Waals surface area contributed by atoms with Gasteiger partial charge in [0, 0.05) is 54.4 Å². The molecule has 0 saturated carbocycles. The minimum Gasteiger partial charge on any atom is -0.353 e. The van der Waals surface area contributed by atoms with Gasteiger partial charge >= 0.3 is 6.03 Å². The predicted molar refractivity (Wildman–Crippen MR) is 139 cm³/mol. The quantitative estimate of drug-likeness (QED) is 0.472. The van der Waals surface area contributed by atoms with E-state index in [1.807, 2.05) is 49.3 Å². The van der Waals surface area contributed by atoms with Crippen molar-refractivity contribution in [2.75, 3.05) is 26.2 Å². The van der Waals surface area contributed by atoms with E-state index in [2.05, 4.69) is 37.8 Å². The van der Waals surface area contributed by atoms with E-state index < -0.39 is 0 Å². The van der Waals surface area contributed by atoms with Gasteiger partial charge in [-0.3, -0.25) is 0 Å². The molecule has 1 aromatic rings. The number of amidine groups is 1. The molecule has 1 aliphatic heterocycles. The van der Waals surface area contributed by atoms with Crippen LogP contribution in [0.25, 0.3) is 11.6 Å². The van der Waals surface area contributed by atoms with Crippen LogP contribution in [0, 0.1) is 0 Å². The molecule has 0 spiro atoms. The Kier molecular flexibility index (Phi) is 7.53. The minimum atomic E-state index is -0.0654. The highest BCUT2D eigenvalue weighted by atomic mass is 35.5. The second kappa shape index (κ2) is 10.7. The zero-order valence-corrected chi connectivity index (χ0v) is 20.5. The van der Waals surface area contributed by atoms with Gasteiger partial charge in [0.1, 0.15) is 11.7 Å². The van der Waals surface area contributed by atoms with Crippen molar-refractivity contribution in [3.63, 3.8) is 0 Å². The number of aromatic nitrogens is 2. The number of rotatable bonds is 4. The normalized spacial score (nSPS) is 19.1. The van der Waals surface area contributed by atoms with E-state index in [1.165, 1.54) is 0 Å². The lowest BCUT2D eigenvalue weighted by Gasteiger charge is -2.35. The van der Waals surface area contributed by atoms with Crippen molar-refractivity contribution >= 4 is 35.1 Å². The van der Waals surface area contributed by atoms with Crippen LogP contribution in [0.1, 0.15) is 43.9 Å². The number of amides is 2. The van der Waals surface area contributed by atoms with Crippen molar-refractivity contribution in [2.45, 2.75) is 33.1 Å². The molecule has 1 aromatic heterocycles. The summed E-state index contributed by atoms with van der Waals surface area (Å²) >= 11 is 6.15. The third kappa shape index (κ3) is 5.59. The molecule has 34 heavy (non-hydrogen) atoms. The second-order valence-corrected chi connectivity index (χ2v) is 9.07.